The summed E-state index contributed by atoms with van der Waals surface area (Å²) in [6.45, 7) is 20.6. The van der Waals surface area contributed by atoms with E-state index in [0.29, 0.717) is 6.54 Å². The van der Waals surface area contributed by atoms with E-state index in [2.05, 4.69) is 50.4 Å². The molecule has 170 valence electrons. The Bertz CT molecular complexity index is 643. The summed E-state index contributed by atoms with van der Waals surface area (Å²) >= 11 is 0. The fraction of sp³-hybridized carbons (Fsp3) is 0.519. The minimum Gasteiger partial charge on any atom is -0.459 e. The molecule has 0 aliphatic rings. The fourth-order valence-corrected chi connectivity index (χ4v) is 2.27. The molecule has 1 atom stereocenters. The first-order chi connectivity index (χ1) is 14.3. The molecule has 0 aliphatic heterocycles. The van der Waals surface area contributed by atoms with E-state index >= 15 is 0 Å². The number of benzene rings is 2. The van der Waals surface area contributed by atoms with E-state index in [1.54, 1.807) is 0 Å². The first-order valence-electron chi connectivity index (χ1n) is 11.3. The molecule has 2 aromatic carbocycles. The Morgan fingerprint density at radius 3 is 1.80 bits per heavy atom. The van der Waals surface area contributed by atoms with Crippen LogP contribution in [0.1, 0.15) is 91.5 Å². The molecule has 0 aromatic heterocycles. The van der Waals surface area contributed by atoms with Crippen molar-refractivity contribution >= 4 is 5.97 Å². The fourth-order valence-electron chi connectivity index (χ4n) is 2.27. The zero-order valence-corrected chi connectivity index (χ0v) is 21.0. The van der Waals surface area contributed by atoms with Gasteiger partial charge in [0.25, 0.3) is 0 Å². The van der Waals surface area contributed by atoms with Gasteiger partial charge < -0.3 is 4.74 Å². The van der Waals surface area contributed by atoms with Crippen LogP contribution in [0.3, 0.4) is 0 Å². The van der Waals surface area contributed by atoms with Crippen LogP contribution in [0.5, 0.6) is 0 Å². The number of carbonyl (C=O) groups excluding carboxylic acids is 1. The van der Waals surface area contributed by atoms with Gasteiger partial charge in [-0.05, 0) is 38.8 Å². The maximum Gasteiger partial charge on any atom is 0.328 e. The van der Waals surface area contributed by atoms with Crippen molar-refractivity contribution in [1.29, 1.82) is 0 Å². The summed E-state index contributed by atoms with van der Waals surface area (Å²) in [6, 6.07) is 17.5. The summed E-state index contributed by atoms with van der Waals surface area (Å²) in [4.78, 5) is 12.5. The molecular formula is C27H45NO2. The van der Waals surface area contributed by atoms with Gasteiger partial charge in [-0.3, -0.25) is 5.32 Å². The summed E-state index contributed by atoms with van der Waals surface area (Å²) < 4.78 is 5.56. The molecule has 1 unspecified atom stereocenters. The predicted molar refractivity (Wildman–Crippen MR) is 132 cm³/mol. The van der Waals surface area contributed by atoms with Gasteiger partial charge in [0, 0.05) is 6.54 Å². The molecule has 0 aliphatic carbocycles. The Balaban J connectivity index is 0. The highest BCUT2D eigenvalue weighted by Crippen LogP contribution is 2.19. The number of hydrogen-bond acceptors (Lipinski definition) is 3. The van der Waals surface area contributed by atoms with Crippen LogP contribution in [-0.2, 0) is 16.1 Å². The van der Waals surface area contributed by atoms with Crippen LogP contribution >= 0.6 is 0 Å². The van der Waals surface area contributed by atoms with Crippen molar-refractivity contribution in [3.05, 3.63) is 71.3 Å². The van der Waals surface area contributed by atoms with Crippen LogP contribution in [0.2, 0.25) is 0 Å². The average Bonchev–Trinajstić information content (AvgIpc) is 2.73. The van der Waals surface area contributed by atoms with E-state index in [1.165, 1.54) is 12.0 Å². The average molecular weight is 416 g/mol. The predicted octanol–water partition coefficient (Wildman–Crippen LogP) is 7.64. The summed E-state index contributed by atoms with van der Waals surface area (Å²) in [6.07, 6.45) is 1.25. The molecule has 0 saturated heterocycles. The number of carbonyl (C=O) groups is 1. The van der Waals surface area contributed by atoms with Crippen molar-refractivity contribution in [2.24, 2.45) is 0 Å². The van der Waals surface area contributed by atoms with Crippen LogP contribution in [0.15, 0.2) is 54.6 Å². The monoisotopic (exact) mass is 415 g/mol. The lowest BCUT2D eigenvalue weighted by Gasteiger charge is -2.25. The number of aryl methyl sites for hydroxylation is 1. The van der Waals surface area contributed by atoms with Crippen molar-refractivity contribution in [2.45, 2.75) is 93.8 Å². The molecule has 30 heavy (non-hydrogen) atoms. The number of nitrogens with one attached hydrogen (secondary N) is 1. The van der Waals surface area contributed by atoms with E-state index in [9.17, 15) is 4.79 Å². The minimum absolute atomic E-state index is 0.254. The second-order valence-corrected chi connectivity index (χ2v) is 7.45. The van der Waals surface area contributed by atoms with Gasteiger partial charge in [0.05, 0.1) is 0 Å². The zero-order chi connectivity index (χ0) is 23.6. The van der Waals surface area contributed by atoms with Crippen LogP contribution in [-0.4, -0.2) is 11.6 Å². The highest BCUT2D eigenvalue weighted by molar-refractivity contribution is 5.78. The quantitative estimate of drug-likeness (QED) is 0.510. The minimum atomic E-state index is -0.504. The van der Waals surface area contributed by atoms with Gasteiger partial charge in [-0.25, -0.2) is 4.79 Å². The number of hydrogen-bond donors (Lipinski definition) is 1. The summed E-state index contributed by atoms with van der Waals surface area (Å²) in [5.41, 5.74) is 2.77. The topological polar surface area (TPSA) is 38.3 Å². The molecule has 0 spiro atoms. The van der Waals surface area contributed by atoms with E-state index < -0.39 is 11.6 Å². The molecule has 0 fully saturated rings. The molecule has 2 aromatic rings. The molecule has 0 bridgehead atoms. The first kappa shape index (κ1) is 30.1. The maximum atomic E-state index is 12.5. The number of esters is 1. The van der Waals surface area contributed by atoms with Gasteiger partial charge in [-0.2, -0.15) is 0 Å². The van der Waals surface area contributed by atoms with Gasteiger partial charge in [0.1, 0.15) is 11.6 Å². The molecule has 3 heteroatoms. The van der Waals surface area contributed by atoms with Gasteiger partial charge in [0.2, 0.25) is 0 Å². The molecule has 0 saturated carbocycles. The summed E-state index contributed by atoms with van der Waals surface area (Å²) in [7, 11) is 0. The first-order valence-corrected chi connectivity index (χ1v) is 11.3. The largest absolute Gasteiger partial charge is 0.459 e. The number of rotatable bonds is 5. The lowest BCUT2D eigenvalue weighted by Crippen LogP contribution is -2.34. The van der Waals surface area contributed by atoms with Crippen LogP contribution < -0.4 is 5.32 Å². The lowest BCUT2D eigenvalue weighted by molar-refractivity contribution is -0.157. The third-order valence-electron chi connectivity index (χ3n) is 3.41. The van der Waals surface area contributed by atoms with Gasteiger partial charge in [0.15, 0.2) is 0 Å². The summed E-state index contributed by atoms with van der Waals surface area (Å²) in [5.74, 6) is -0.254. The highest BCUT2D eigenvalue weighted by Gasteiger charge is 2.26. The smallest absolute Gasteiger partial charge is 0.328 e. The highest BCUT2D eigenvalue weighted by atomic mass is 16.6. The lowest BCUT2D eigenvalue weighted by atomic mass is 10.1. The Morgan fingerprint density at radius 1 is 0.900 bits per heavy atom. The third kappa shape index (κ3) is 13.9. The van der Waals surface area contributed by atoms with Crippen molar-refractivity contribution < 1.29 is 9.53 Å². The molecule has 0 amide bonds. The van der Waals surface area contributed by atoms with Gasteiger partial charge in [-0.15, -0.1) is 0 Å². The molecule has 0 radical (unpaired) electrons. The standard InChI is InChI=1S/C20H25NO2.C3H8.2C2H6/c1-15-10-12-16(13-11-15)14-21-18(17-8-6-5-7-9-17)19(22)23-20(2,3)4;1-3-2;2*1-2/h5-13,18,21H,14H2,1-4H3;3H2,1-2H3;2*1-2H3. The van der Waals surface area contributed by atoms with Crippen LogP contribution in [0.4, 0.5) is 0 Å². The molecule has 0 heterocycles. The van der Waals surface area contributed by atoms with E-state index in [4.69, 9.17) is 4.74 Å². The van der Waals surface area contributed by atoms with Crippen molar-refractivity contribution in [2.75, 3.05) is 0 Å². The van der Waals surface area contributed by atoms with Crippen LogP contribution in [0, 0.1) is 6.92 Å². The maximum absolute atomic E-state index is 12.5. The number of ether oxygens (including phenoxy) is 1. The van der Waals surface area contributed by atoms with Crippen LogP contribution in [0.25, 0.3) is 0 Å². The van der Waals surface area contributed by atoms with E-state index in [0.717, 1.165) is 11.1 Å². The zero-order valence-electron chi connectivity index (χ0n) is 21.0. The van der Waals surface area contributed by atoms with E-state index in [-0.39, 0.29) is 5.97 Å². The van der Waals surface area contributed by atoms with Crippen molar-refractivity contribution in [3.8, 4) is 0 Å². The Labute approximate surface area is 186 Å². The van der Waals surface area contributed by atoms with Gasteiger partial charge in [-0.1, -0.05) is 108 Å². The Morgan fingerprint density at radius 2 is 1.37 bits per heavy atom. The molecular weight excluding hydrogens is 370 g/mol. The second kappa shape index (κ2) is 17.7. The third-order valence-corrected chi connectivity index (χ3v) is 3.41. The normalized spacial score (nSPS) is 10.7. The summed E-state index contributed by atoms with van der Waals surface area (Å²) in [5, 5.41) is 3.32. The molecule has 3 nitrogen and oxygen atoms in total. The Kier molecular flexibility index (Phi) is 17.7. The van der Waals surface area contributed by atoms with E-state index in [1.807, 2.05) is 78.8 Å². The second-order valence-electron chi connectivity index (χ2n) is 7.45. The molecule has 2 rings (SSSR count). The SMILES string of the molecule is CC.CC.CCC.Cc1ccc(CNC(C(=O)OC(C)(C)C)c2ccccc2)cc1. The van der Waals surface area contributed by atoms with Crippen molar-refractivity contribution in [3.63, 3.8) is 0 Å². The van der Waals surface area contributed by atoms with Gasteiger partial charge >= 0.3 is 5.97 Å². The molecule has 1 N–H and O–H groups in total. The van der Waals surface area contributed by atoms with Crippen molar-refractivity contribution in [1.82, 2.24) is 5.32 Å². The Hall–Kier alpha value is -2.13.